The minimum Gasteiger partial charge on any atom is -0.481 e. The Morgan fingerprint density at radius 2 is 2.19 bits per heavy atom. The number of nitrogens with zero attached hydrogens (tertiary/aromatic N) is 1. The van der Waals surface area contributed by atoms with Gasteiger partial charge in [-0.2, -0.15) is 0 Å². The van der Waals surface area contributed by atoms with E-state index in [0.29, 0.717) is 30.8 Å². The van der Waals surface area contributed by atoms with Crippen molar-refractivity contribution in [3.8, 4) is 0 Å². The van der Waals surface area contributed by atoms with Gasteiger partial charge in [0.1, 0.15) is 0 Å². The van der Waals surface area contributed by atoms with E-state index in [1.807, 2.05) is 12.1 Å². The highest BCUT2D eigenvalue weighted by Gasteiger charge is 2.41. The fourth-order valence-corrected chi connectivity index (χ4v) is 3.12. The smallest absolute Gasteiger partial charge is 0.311 e. The maximum absolute atomic E-state index is 12.2. The number of carboxylic acid groups (broad SMARTS) is 1. The SMILES string of the molecule is CC1(C(=O)O)CCN(C(=O)CCc2cc(Cl)ccc2Br)C1. The molecule has 4 nitrogen and oxygen atoms in total. The maximum Gasteiger partial charge on any atom is 0.311 e. The lowest BCUT2D eigenvalue weighted by Crippen LogP contribution is -2.34. The Hall–Kier alpha value is -1.07. The Bertz CT molecular complexity index is 578. The summed E-state index contributed by atoms with van der Waals surface area (Å²) in [5.74, 6) is -0.845. The number of benzene rings is 1. The fourth-order valence-electron chi connectivity index (χ4n) is 2.48. The van der Waals surface area contributed by atoms with E-state index in [1.54, 1.807) is 17.9 Å². The second-order valence-corrected chi connectivity index (χ2v) is 6.96. The number of amides is 1. The maximum atomic E-state index is 12.2. The monoisotopic (exact) mass is 373 g/mol. The van der Waals surface area contributed by atoms with Crippen LogP contribution in [0.1, 0.15) is 25.3 Å². The zero-order chi connectivity index (χ0) is 15.6. The predicted octanol–water partition coefficient (Wildman–Crippen LogP) is 3.36. The highest BCUT2D eigenvalue weighted by Crippen LogP contribution is 2.31. The Morgan fingerprint density at radius 1 is 1.48 bits per heavy atom. The minimum atomic E-state index is -0.838. The van der Waals surface area contributed by atoms with Crippen molar-refractivity contribution in [3.63, 3.8) is 0 Å². The van der Waals surface area contributed by atoms with Gasteiger partial charge in [0.25, 0.3) is 0 Å². The molecular formula is C15H17BrClNO3. The first-order valence-corrected chi connectivity index (χ1v) is 7.94. The number of likely N-dealkylation sites (tertiary alicyclic amines) is 1. The highest BCUT2D eigenvalue weighted by molar-refractivity contribution is 9.10. The Labute approximate surface area is 137 Å². The molecule has 1 heterocycles. The van der Waals surface area contributed by atoms with E-state index in [2.05, 4.69) is 15.9 Å². The summed E-state index contributed by atoms with van der Waals surface area (Å²) in [6.07, 6.45) is 1.45. The molecule has 0 aromatic heterocycles. The van der Waals surface area contributed by atoms with E-state index >= 15 is 0 Å². The zero-order valence-corrected chi connectivity index (χ0v) is 14.1. The molecule has 0 spiro atoms. The lowest BCUT2D eigenvalue weighted by atomic mass is 9.90. The van der Waals surface area contributed by atoms with E-state index < -0.39 is 11.4 Å². The Kier molecular flexibility index (Phi) is 4.94. The van der Waals surface area contributed by atoms with Gasteiger partial charge in [-0.1, -0.05) is 27.5 Å². The molecule has 1 N–H and O–H groups in total. The van der Waals surface area contributed by atoms with Crippen LogP contribution in [-0.2, 0) is 16.0 Å². The van der Waals surface area contributed by atoms with Crippen LogP contribution >= 0.6 is 27.5 Å². The van der Waals surface area contributed by atoms with Gasteiger partial charge in [0.2, 0.25) is 5.91 Å². The first-order chi connectivity index (χ1) is 9.82. The lowest BCUT2D eigenvalue weighted by Gasteiger charge is -2.20. The Morgan fingerprint density at radius 3 is 2.81 bits per heavy atom. The molecule has 1 aromatic carbocycles. The van der Waals surface area contributed by atoms with Gasteiger partial charge >= 0.3 is 5.97 Å². The molecule has 1 fully saturated rings. The molecule has 21 heavy (non-hydrogen) atoms. The molecule has 1 unspecified atom stereocenters. The molecule has 1 aromatic rings. The van der Waals surface area contributed by atoms with Gasteiger partial charge in [-0.25, -0.2) is 0 Å². The number of hydrogen-bond donors (Lipinski definition) is 1. The lowest BCUT2D eigenvalue weighted by molar-refractivity contribution is -0.147. The first-order valence-electron chi connectivity index (χ1n) is 6.77. The zero-order valence-electron chi connectivity index (χ0n) is 11.7. The van der Waals surface area contributed by atoms with Crippen LogP contribution in [0.4, 0.5) is 0 Å². The van der Waals surface area contributed by atoms with Crippen molar-refractivity contribution in [1.82, 2.24) is 4.90 Å². The standard InChI is InChI=1S/C15H17BrClNO3/c1-15(14(20)21)6-7-18(9-15)13(19)5-2-10-8-11(17)3-4-12(10)16/h3-4,8H,2,5-7,9H2,1H3,(H,20,21). The average Bonchev–Trinajstić information content (AvgIpc) is 2.84. The molecule has 0 radical (unpaired) electrons. The molecular weight excluding hydrogens is 358 g/mol. The molecule has 2 rings (SSSR count). The first kappa shape index (κ1) is 16.3. The molecule has 6 heteroatoms. The van der Waals surface area contributed by atoms with Crippen LogP contribution in [-0.4, -0.2) is 35.0 Å². The number of halogens is 2. The van der Waals surface area contributed by atoms with E-state index in [0.717, 1.165) is 10.0 Å². The summed E-state index contributed by atoms with van der Waals surface area (Å²) in [6, 6.07) is 5.49. The second-order valence-electron chi connectivity index (χ2n) is 5.67. The Balaban J connectivity index is 1.94. The van der Waals surface area contributed by atoms with Crippen molar-refractivity contribution in [3.05, 3.63) is 33.3 Å². The summed E-state index contributed by atoms with van der Waals surface area (Å²) in [5, 5.41) is 9.83. The molecule has 0 aliphatic carbocycles. The van der Waals surface area contributed by atoms with Crippen molar-refractivity contribution >= 4 is 39.4 Å². The van der Waals surface area contributed by atoms with Crippen molar-refractivity contribution in [1.29, 1.82) is 0 Å². The molecule has 1 atom stereocenters. The summed E-state index contributed by atoms with van der Waals surface area (Å²) in [6.45, 7) is 2.49. The third kappa shape index (κ3) is 3.77. The van der Waals surface area contributed by atoms with Gasteiger partial charge < -0.3 is 10.0 Å². The second kappa shape index (κ2) is 6.36. The van der Waals surface area contributed by atoms with Gasteiger partial charge in [0.05, 0.1) is 5.41 Å². The molecule has 0 saturated carbocycles. The van der Waals surface area contributed by atoms with Crippen LogP contribution in [0.5, 0.6) is 0 Å². The van der Waals surface area contributed by atoms with Gasteiger partial charge in [0.15, 0.2) is 0 Å². The van der Waals surface area contributed by atoms with Crippen LogP contribution in [0, 0.1) is 5.41 Å². The van der Waals surface area contributed by atoms with Crippen LogP contribution in [0.25, 0.3) is 0 Å². The van der Waals surface area contributed by atoms with Crippen molar-refractivity contribution in [2.45, 2.75) is 26.2 Å². The van der Waals surface area contributed by atoms with Crippen molar-refractivity contribution in [2.75, 3.05) is 13.1 Å². The number of rotatable bonds is 4. The topological polar surface area (TPSA) is 57.6 Å². The molecule has 114 valence electrons. The molecule has 0 bridgehead atoms. The van der Waals surface area contributed by atoms with Crippen molar-refractivity contribution in [2.24, 2.45) is 5.41 Å². The van der Waals surface area contributed by atoms with Gasteiger partial charge in [-0.05, 0) is 43.5 Å². The van der Waals surface area contributed by atoms with E-state index in [1.165, 1.54) is 0 Å². The highest BCUT2D eigenvalue weighted by atomic mass is 79.9. The summed E-state index contributed by atoms with van der Waals surface area (Å²) in [4.78, 5) is 25.0. The largest absolute Gasteiger partial charge is 0.481 e. The third-order valence-corrected chi connectivity index (χ3v) is 4.97. The van der Waals surface area contributed by atoms with Crippen LogP contribution in [0.2, 0.25) is 5.02 Å². The van der Waals surface area contributed by atoms with E-state index in [9.17, 15) is 14.7 Å². The van der Waals surface area contributed by atoms with E-state index in [4.69, 9.17) is 11.6 Å². The molecule has 1 aliphatic rings. The van der Waals surface area contributed by atoms with Crippen LogP contribution in [0.15, 0.2) is 22.7 Å². The normalized spacial score (nSPS) is 21.6. The number of aliphatic carboxylic acids is 1. The summed E-state index contributed by atoms with van der Waals surface area (Å²) in [7, 11) is 0. The molecule has 1 aliphatic heterocycles. The summed E-state index contributed by atoms with van der Waals surface area (Å²) < 4.78 is 0.927. The van der Waals surface area contributed by atoms with Gasteiger partial charge in [-0.15, -0.1) is 0 Å². The summed E-state index contributed by atoms with van der Waals surface area (Å²) in [5.41, 5.74) is 0.169. The predicted molar refractivity (Wildman–Crippen MR) is 84.4 cm³/mol. The number of carbonyl (C=O) groups excluding carboxylic acids is 1. The number of carboxylic acids is 1. The van der Waals surface area contributed by atoms with Gasteiger partial charge in [-0.3, -0.25) is 9.59 Å². The van der Waals surface area contributed by atoms with Crippen LogP contribution < -0.4 is 0 Å². The fraction of sp³-hybridized carbons (Fsp3) is 0.467. The number of carbonyl (C=O) groups is 2. The summed E-state index contributed by atoms with van der Waals surface area (Å²) >= 11 is 9.39. The van der Waals surface area contributed by atoms with E-state index in [-0.39, 0.29) is 12.5 Å². The quantitative estimate of drug-likeness (QED) is 0.879. The molecule has 1 saturated heterocycles. The number of aryl methyl sites for hydroxylation is 1. The third-order valence-electron chi connectivity index (χ3n) is 3.96. The van der Waals surface area contributed by atoms with Gasteiger partial charge in [0, 0.05) is 29.0 Å². The van der Waals surface area contributed by atoms with Crippen molar-refractivity contribution < 1.29 is 14.7 Å². The number of hydrogen-bond acceptors (Lipinski definition) is 2. The molecule has 1 amide bonds. The minimum absolute atomic E-state index is 0.00755. The average molecular weight is 375 g/mol. The van der Waals surface area contributed by atoms with Crippen LogP contribution in [0.3, 0.4) is 0 Å².